The third-order valence-electron chi connectivity index (χ3n) is 2.31. The van der Waals surface area contributed by atoms with Crippen LogP contribution in [0, 0.1) is 0 Å². The Bertz CT molecular complexity index is 385. The molecule has 0 aromatic carbocycles. The smallest absolute Gasteiger partial charge is 0.339 e. The van der Waals surface area contributed by atoms with Crippen LogP contribution in [0.4, 0.5) is 0 Å². The molecule has 0 amide bonds. The summed E-state index contributed by atoms with van der Waals surface area (Å²) in [5.74, 6) is -0.0715. The second kappa shape index (κ2) is 6.58. The zero-order chi connectivity index (χ0) is 12.8. The van der Waals surface area contributed by atoms with E-state index in [2.05, 4.69) is 22.3 Å². The van der Waals surface area contributed by atoms with Gasteiger partial charge in [-0.15, -0.1) is 0 Å². The Morgan fingerprint density at radius 1 is 1.53 bits per heavy atom. The topological polar surface area (TPSA) is 79.7 Å². The molecule has 0 radical (unpaired) electrons. The number of methoxy groups -OCH3 is 1. The van der Waals surface area contributed by atoms with Gasteiger partial charge in [-0.05, 0) is 18.2 Å². The molecule has 0 bridgehead atoms. The van der Waals surface area contributed by atoms with Gasteiger partial charge in [0.15, 0.2) is 0 Å². The molecule has 1 heterocycles. The van der Waals surface area contributed by atoms with Crippen LogP contribution in [0.2, 0.25) is 0 Å². The zero-order valence-electron chi connectivity index (χ0n) is 9.41. The van der Waals surface area contributed by atoms with E-state index in [4.69, 9.17) is 0 Å². The number of rotatable bonds is 5. The molecule has 2 atom stereocenters. The maximum absolute atomic E-state index is 11.3. The average molecular weight is 257 g/mol. The Balaban J connectivity index is 2.87. The quantitative estimate of drug-likeness (QED) is 0.531. The number of ether oxygens (including phenoxy) is 1. The SMILES string of the molecule is COC(=O)c1cncc(C(O)C(O)CCS)c1. The summed E-state index contributed by atoms with van der Waals surface area (Å²) in [6, 6.07) is 1.45. The minimum absolute atomic E-state index is 0.238. The van der Waals surface area contributed by atoms with Gasteiger partial charge in [0.05, 0.1) is 18.8 Å². The zero-order valence-corrected chi connectivity index (χ0v) is 10.3. The molecule has 17 heavy (non-hydrogen) atoms. The van der Waals surface area contributed by atoms with Crippen LogP contribution in [0.25, 0.3) is 0 Å². The van der Waals surface area contributed by atoms with E-state index in [1.165, 1.54) is 25.6 Å². The summed E-state index contributed by atoms with van der Waals surface area (Å²) in [7, 11) is 1.27. The minimum atomic E-state index is -1.08. The van der Waals surface area contributed by atoms with Crippen molar-refractivity contribution in [2.45, 2.75) is 18.6 Å². The molecule has 0 aliphatic heterocycles. The van der Waals surface area contributed by atoms with Gasteiger partial charge in [0.2, 0.25) is 0 Å². The Morgan fingerprint density at radius 3 is 2.82 bits per heavy atom. The summed E-state index contributed by atoms with van der Waals surface area (Å²) < 4.78 is 4.54. The van der Waals surface area contributed by atoms with Crippen molar-refractivity contribution in [2.75, 3.05) is 12.9 Å². The van der Waals surface area contributed by atoms with Crippen LogP contribution >= 0.6 is 12.6 Å². The van der Waals surface area contributed by atoms with Gasteiger partial charge in [-0.25, -0.2) is 4.79 Å². The molecular weight excluding hydrogens is 242 g/mol. The Kier molecular flexibility index (Phi) is 5.40. The predicted molar refractivity (Wildman–Crippen MR) is 65.0 cm³/mol. The first-order valence-corrected chi connectivity index (χ1v) is 5.73. The molecule has 5 nitrogen and oxygen atoms in total. The number of thiol groups is 1. The van der Waals surface area contributed by atoms with E-state index in [0.29, 0.717) is 17.7 Å². The first kappa shape index (κ1) is 14.0. The van der Waals surface area contributed by atoms with Crippen LogP contribution in [0.15, 0.2) is 18.5 Å². The summed E-state index contributed by atoms with van der Waals surface area (Å²) in [5, 5.41) is 19.4. The number of nitrogens with zero attached hydrogens (tertiary/aromatic N) is 1. The molecule has 6 heteroatoms. The molecule has 0 fully saturated rings. The number of aliphatic hydroxyl groups is 2. The second-order valence-corrected chi connectivity index (χ2v) is 3.97. The predicted octanol–water partition coefficient (Wildman–Crippen LogP) is 0.582. The monoisotopic (exact) mass is 257 g/mol. The standard InChI is InChI=1S/C11H15NO4S/c1-16-11(15)8-4-7(5-12-6-8)10(14)9(13)2-3-17/h4-6,9-10,13-14,17H,2-3H2,1H3. The highest BCUT2D eigenvalue weighted by molar-refractivity contribution is 7.80. The van der Waals surface area contributed by atoms with Crippen molar-refractivity contribution in [2.24, 2.45) is 0 Å². The number of esters is 1. The molecule has 2 N–H and O–H groups in total. The van der Waals surface area contributed by atoms with E-state index < -0.39 is 18.2 Å². The lowest BCUT2D eigenvalue weighted by atomic mass is 10.0. The lowest BCUT2D eigenvalue weighted by Gasteiger charge is -2.17. The van der Waals surface area contributed by atoms with E-state index >= 15 is 0 Å². The van der Waals surface area contributed by atoms with Crippen molar-refractivity contribution in [3.05, 3.63) is 29.6 Å². The summed E-state index contributed by atoms with van der Waals surface area (Å²) in [4.78, 5) is 15.1. The van der Waals surface area contributed by atoms with Gasteiger partial charge in [-0.1, -0.05) is 0 Å². The van der Waals surface area contributed by atoms with Gasteiger partial charge in [-0.3, -0.25) is 4.98 Å². The van der Waals surface area contributed by atoms with Crippen molar-refractivity contribution in [3.63, 3.8) is 0 Å². The molecule has 1 aromatic heterocycles. The van der Waals surface area contributed by atoms with E-state index in [-0.39, 0.29) is 5.56 Å². The molecule has 0 spiro atoms. The summed E-state index contributed by atoms with van der Waals surface area (Å²) in [5.41, 5.74) is 0.615. The van der Waals surface area contributed by atoms with Gasteiger partial charge >= 0.3 is 5.97 Å². The minimum Gasteiger partial charge on any atom is -0.465 e. The Labute approximate surface area is 105 Å². The number of hydrogen-bond donors (Lipinski definition) is 3. The van der Waals surface area contributed by atoms with Crippen LogP contribution < -0.4 is 0 Å². The molecule has 0 aliphatic carbocycles. The molecule has 0 saturated carbocycles. The summed E-state index contributed by atoms with van der Waals surface area (Å²) >= 11 is 3.97. The number of aliphatic hydroxyl groups excluding tert-OH is 2. The van der Waals surface area contributed by atoms with Gasteiger partial charge in [0.1, 0.15) is 6.10 Å². The van der Waals surface area contributed by atoms with Gasteiger partial charge in [0, 0.05) is 18.0 Å². The first-order chi connectivity index (χ1) is 8.10. The highest BCUT2D eigenvalue weighted by Gasteiger charge is 2.19. The molecule has 94 valence electrons. The first-order valence-electron chi connectivity index (χ1n) is 5.10. The van der Waals surface area contributed by atoms with E-state index in [9.17, 15) is 15.0 Å². The van der Waals surface area contributed by atoms with Crippen LogP contribution in [-0.4, -0.2) is 40.1 Å². The van der Waals surface area contributed by atoms with Crippen molar-refractivity contribution < 1.29 is 19.7 Å². The van der Waals surface area contributed by atoms with Crippen molar-refractivity contribution >= 4 is 18.6 Å². The van der Waals surface area contributed by atoms with Crippen LogP contribution in [0.1, 0.15) is 28.4 Å². The highest BCUT2D eigenvalue weighted by Crippen LogP contribution is 2.19. The maximum atomic E-state index is 11.3. The van der Waals surface area contributed by atoms with Crippen molar-refractivity contribution in [1.82, 2.24) is 4.98 Å². The number of carbonyl (C=O) groups is 1. The Hall–Kier alpha value is -1.11. The molecular formula is C11H15NO4S. The lowest BCUT2D eigenvalue weighted by molar-refractivity contribution is 0.0169. The molecule has 2 unspecified atom stereocenters. The normalized spacial score (nSPS) is 14.1. The number of pyridine rings is 1. The van der Waals surface area contributed by atoms with E-state index in [1.807, 2.05) is 0 Å². The van der Waals surface area contributed by atoms with Crippen molar-refractivity contribution in [3.8, 4) is 0 Å². The largest absolute Gasteiger partial charge is 0.465 e. The average Bonchev–Trinajstić information content (AvgIpc) is 2.37. The van der Waals surface area contributed by atoms with Gasteiger partial charge in [-0.2, -0.15) is 12.6 Å². The fourth-order valence-corrected chi connectivity index (χ4v) is 1.63. The van der Waals surface area contributed by atoms with Crippen LogP contribution in [0.3, 0.4) is 0 Å². The molecule has 0 aliphatic rings. The molecule has 0 saturated heterocycles. The highest BCUT2D eigenvalue weighted by atomic mass is 32.1. The third-order valence-corrected chi connectivity index (χ3v) is 2.57. The third kappa shape index (κ3) is 3.69. The molecule has 1 rings (SSSR count). The van der Waals surface area contributed by atoms with Crippen LogP contribution in [-0.2, 0) is 4.74 Å². The maximum Gasteiger partial charge on any atom is 0.339 e. The van der Waals surface area contributed by atoms with Gasteiger partial charge in [0.25, 0.3) is 0 Å². The summed E-state index contributed by atoms with van der Waals surface area (Å²) in [6.07, 6.45) is 1.08. The van der Waals surface area contributed by atoms with E-state index in [0.717, 1.165) is 0 Å². The summed E-state index contributed by atoms with van der Waals surface area (Å²) in [6.45, 7) is 0. The fourth-order valence-electron chi connectivity index (χ4n) is 1.36. The number of hydrogen-bond acceptors (Lipinski definition) is 6. The van der Waals surface area contributed by atoms with Crippen molar-refractivity contribution in [1.29, 1.82) is 0 Å². The Morgan fingerprint density at radius 2 is 2.24 bits per heavy atom. The van der Waals surface area contributed by atoms with Crippen LogP contribution in [0.5, 0.6) is 0 Å². The lowest BCUT2D eigenvalue weighted by Crippen LogP contribution is -2.19. The van der Waals surface area contributed by atoms with Gasteiger partial charge < -0.3 is 14.9 Å². The number of carbonyl (C=O) groups excluding carboxylic acids is 1. The number of aromatic nitrogens is 1. The fraction of sp³-hybridized carbons (Fsp3) is 0.455. The van der Waals surface area contributed by atoms with E-state index in [1.54, 1.807) is 0 Å². The molecule has 1 aromatic rings. The second-order valence-electron chi connectivity index (χ2n) is 3.52.